The summed E-state index contributed by atoms with van der Waals surface area (Å²) in [5.41, 5.74) is 1.68. The zero-order valence-corrected chi connectivity index (χ0v) is 24.3. The van der Waals surface area contributed by atoms with Crippen LogP contribution in [0.1, 0.15) is 20.3 Å². The topological polar surface area (TPSA) is 89.1 Å². The summed E-state index contributed by atoms with van der Waals surface area (Å²) in [7, 11) is 0.606. The van der Waals surface area contributed by atoms with Crippen molar-refractivity contribution in [2.75, 3.05) is 58.2 Å². The fourth-order valence-electron chi connectivity index (χ4n) is 4.47. The predicted octanol–water partition coefficient (Wildman–Crippen LogP) is 5.78. The summed E-state index contributed by atoms with van der Waals surface area (Å²) in [6.45, 7) is 7.32. The van der Waals surface area contributed by atoms with Crippen LogP contribution in [-0.2, 0) is 9.09 Å². The van der Waals surface area contributed by atoms with Gasteiger partial charge in [0, 0.05) is 61.1 Å². The fourth-order valence-corrected chi connectivity index (χ4v) is 6.33. The summed E-state index contributed by atoms with van der Waals surface area (Å²) < 4.78 is 31.2. The molecule has 1 aliphatic rings. The molecule has 0 saturated carbocycles. The van der Waals surface area contributed by atoms with Gasteiger partial charge in [0.1, 0.15) is 12.1 Å². The van der Waals surface area contributed by atoms with Crippen molar-refractivity contribution in [3.8, 4) is 11.5 Å². The Morgan fingerprint density at radius 3 is 2.51 bits per heavy atom. The molecule has 200 valence electrons. The molecule has 1 saturated heterocycles. The molecule has 1 fully saturated rings. The van der Waals surface area contributed by atoms with E-state index in [4.69, 9.17) is 14.0 Å². The first-order valence-corrected chi connectivity index (χ1v) is 15.3. The van der Waals surface area contributed by atoms with Gasteiger partial charge in [-0.15, -0.1) is 0 Å². The van der Waals surface area contributed by atoms with Gasteiger partial charge in [-0.25, -0.2) is 9.97 Å². The van der Waals surface area contributed by atoms with Gasteiger partial charge in [0.15, 0.2) is 17.7 Å². The number of benzene rings is 2. The van der Waals surface area contributed by atoms with Crippen LogP contribution in [0.2, 0.25) is 0 Å². The van der Waals surface area contributed by atoms with Gasteiger partial charge in [-0.05, 0) is 30.7 Å². The molecule has 2 heterocycles. The minimum atomic E-state index is -2.58. The highest BCUT2D eigenvalue weighted by Gasteiger charge is 2.29. The SMILES string of the molecule is CCC(Oc1cc2ncnc(Nc3cccc(Br)c3)c2cc1OC)N1CCN(CP(=O)(CC)OC)CC1. The van der Waals surface area contributed by atoms with Crippen molar-refractivity contribution in [2.45, 2.75) is 26.5 Å². The molecular formula is C26H35BrN5O4P. The first-order valence-electron chi connectivity index (χ1n) is 12.5. The number of nitrogens with one attached hydrogen (secondary N) is 1. The molecule has 0 aliphatic carbocycles. The van der Waals surface area contributed by atoms with Gasteiger partial charge in [0.25, 0.3) is 0 Å². The molecule has 1 aliphatic heterocycles. The highest BCUT2D eigenvalue weighted by Crippen LogP contribution is 2.46. The molecule has 11 heteroatoms. The van der Waals surface area contributed by atoms with Crippen LogP contribution < -0.4 is 14.8 Å². The lowest BCUT2D eigenvalue weighted by Gasteiger charge is -2.39. The molecule has 1 N–H and O–H groups in total. The number of fused-ring (bicyclic) bond motifs is 1. The first-order chi connectivity index (χ1) is 17.9. The van der Waals surface area contributed by atoms with Gasteiger partial charge in [0.2, 0.25) is 7.37 Å². The Morgan fingerprint density at radius 2 is 1.86 bits per heavy atom. The van der Waals surface area contributed by atoms with E-state index in [-0.39, 0.29) is 6.23 Å². The number of rotatable bonds is 11. The van der Waals surface area contributed by atoms with Crippen LogP contribution in [-0.4, -0.2) is 78.8 Å². The van der Waals surface area contributed by atoms with Crippen LogP contribution in [0, 0.1) is 0 Å². The smallest absolute Gasteiger partial charge is 0.216 e. The quantitative estimate of drug-likeness (QED) is 0.279. The number of ether oxygens (including phenoxy) is 2. The van der Waals surface area contributed by atoms with E-state index in [1.54, 1.807) is 20.5 Å². The average Bonchev–Trinajstić information content (AvgIpc) is 2.92. The van der Waals surface area contributed by atoms with E-state index in [0.717, 1.165) is 53.7 Å². The zero-order valence-electron chi connectivity index (χ0n) is 21.8. The van der Waals surface area contributed by atoms with Crippen LogP contribution in [0.25, 0.3) is 10.9 Å². The van der Waals surface area contributed by atoms with E-state index in [1.165, 1.54) is 0 Å². The Bertz CT molecular complexity index is 1250. The predicted molar refractivity (Wildman–Crippen MR) is 151 cm³/mol. The summed E-state index contributed by atoms with van der Waals surface area (Å²) in [5, 5.41) is 4.21. The van der Waals surface area contributed by atoms with Crippen LogP contribution in [0.5, 0.6) is 11.5 Å². The molecule has 1 aromatic heterocycles. The number of methoxy groups -OCH3 is 1. The van der Waals surface area contributed by atoms with E-state index in [9.17, 15) is 4.57 Å². The number of piperazine rings is 1. The third-order valence-corrected chi connectivity index (χ3v) is 9.62. The molecule has 2 aromatic carbocycles. The Labute approximate surface area is 227 Å². The normalized spacial score (nSPS) is 17.3. The molecule has 0 spiro atoms. The van der Waals surface area contributed by atoms with Crippen LogP contribution in [0.15, 0.2) is 47.2 Å². The molecular weight excluding hydrogens is 557 g/mol. The Balaban J connectivity index is 1.50. The van der Waals surface area contributed by atoms with Gasteiger partial charge in [-0.2, -0.15) is 0 Å². The highest BCUT2D eigenvalue weighted by atomic mass is 79.9. The number of nitrogens with zero attached hydrogens (tertiary/aromatic N) is 4. The molecule has 3 aromatic rings. The second-order valence-corrected chi connectivity index (χ2v) is 12.8. The summed E-state index contributed by atoms with van der Waals surface area (Å²) in [5.74, 6) is 1.96. The zero-order chi connectivity index (χ0) is 26.4. The van der Waals surface area contributed by atoms with Crippen molar-refractivity contribution >= 4 is 45.7 Å². The number of hydrogen-bond acceptors (Lipinski definition) is 9. The standard InChI is InChI=1S/C26H35BrN5O4P/c1-5-25(32-12-10-31(11-13-32)18-37(33,6-2)35-4)36-24-16-22-21(15-23(24)34-3)26(29-17-28-22)30-20-9-7-8-19(27)14-20/h7-9,14-17,25H,5-6,10-13,18H2,1-4H3,(H,28,29,30). The second kappa shape index (κ2) is 12.5. The van der Waals surface area contributed by atoms with Crippen molar-refractivity contribution in [3.05, 3.63) is 47.2 Å². The molecule has 4 rings (SSSR count). The maximum Gasteiger partial charge on any atom is 0.216 e. The Kier molecular flexibility index (Phi) is 9.42. The highest BCUT2D eigenvalue weighted by molar-refractivity contribution is 9.10. The van der Waals surface area contributed by atoms with Gasteiger partial charge >= 0.3 is 0 Å². The molecule has 0 radical (unpaired) electrons. The van der Waals surface area contributed by atoms with Crippen LogP contribution in [0.3, 0.4) is 0 Å². The van der Waals surface area contributed by atoms with E-state index >= 15 is 0 Å². The summed E-state index contributed by atoms with van der Waals surface area (Å²) in [4.78, 5) is 13.5. The molecule has 0 bridgehead atoms. The van der Waals surface area contributed by atoms with E-state index in [1.807, 2.05) is 43.3 Å². The molecule has 37 heavy (non-hydrogen) atoms. The van der Waals surface area contributed by atoms with Crippen molar-refractivity contribution in [2.24, 2.45) is 0 Å². The number of anilines is 2. The summed E-state index contributed by atoms with van der Waals surface area (Å²) in [6.07, 6.45) is 3.29. The molecule has 2 unspecified atom stereocenters. The monoisotopic (exact) mass is 591 g/mol. The van der Waals surface area contributed by atoms with Gasteiger partial charge in [-0.3, -0.25) is 14.4 Å². The molecule has 2 atom stereocenters. The van der Waals surface area contributed by atoms with Gasteiger partial charge in [-0.1, -0.05) is 35.8 Å². The van der Waals surface area contributed by atoms with Gasteiger partial charge < -0.3 is 19.3 Å². The van der Waals surface area contributed by atoms with Crippen LogP contribution in [0.4, 0.5) is 11.5 Å². The lowest BCUT2D eigenvalue weighted by atomic mass is 10.2. The minimum Gasteiger partial charge on any atom is -0.493 e. The third kappa shape index (κ3) is 6.81. The number of hydrogen-bond donors (Lipinski definition) is 1. The Morgan fingerprint density at radius 1 is 1.08 bits per heavy atom. The van der Waals surface area contributed by atoms with E-state index in [2.05, 4.69) is 47.9 Å². The summed E-state index contributed by atoms with van der Waals surface area (Å²) in [6, 6.07) is 11.7. The largest absolute Gasteiger partial charge is 0.493 e. The van der Waals surface area contributed by atoms with Crippen molar-refractivity contribution < 1.29 is 18.6 Å². The lowest BCUT2D eigenvalue weighted by Crippen LogP contribution is -2.52. The maximum atomic E-state index is 12.7. The maximum absolute atomic E-state index is 12.7. The average molecular weight is 592 g/mol. The third-order valence-electron chi connectivity index (χ3n) is 6.66. The summed E-state index contributed by atoms with van der Waals surface area (Å²) >= 11 is 3.51. The van der Waals surface area contributed by atoms with Crippen molar-refractivity contribution in [1.29, 1.82) is 0 Å². The van der Waals surface area contributed by atoms with Crippen LogP contribution >= 0.6 is 23.3 Å². The van der Waals surface area contributed by atoms with E-state index < -0.39 is 7.37 Å². The second-order valence-electron chi connectivity index (χ2n) is 8.97. The molecule has 0 amide bonds. The number of aromatic nitrogens is 2. The van der Waals surface area contributed by atoms with E-state index in [0.29, 0.717) is 29.8 Å². The number of halogens is 1. The Hall–Kier alpha value is -2.23. The van der Waals surface area contributed by atoms with Gasteiger partial charge in [0.05, 0.1) is 18.9 Å². The first kappa shape index (κ1) is 27.8. The van der Waals surface area contributed by atoms with Crippen molar-refractivity contribution in [1.82, 2.24) is 19.8 Å². The molecule has 9 nitrogen and oxygen atoms in total. The lowest BCUT2D eigenvalue weighted by molar-refractivity contribution is -0.00827. The fraction of sp³-hybridized carbons (Fsp3) is 0.462. The van der Waals surface area contributed by atoms with Crippen molar-refractivity contribution in [3.63, 3.8) is 0 Å². The minimum absolute atomic E-state index is 0.116.